The van der Waals surface area contributed by atoms with Crippen LogP contribution in [0.2, 0.25) is 0 Å². The lowest BCUT2D eigenvalue weighted by molar-refractivity contribution is 0.0744. The number of rotatable bonds is 4. The molecule has 0 aliphatic carbocycles. The summed E-state index contributed by atoms with van der Waals surface area (Å²) in [6.07, 6.45) is 7.33. The number of hydrogen-bond acceptors (Lipinski definition) is 3. The Bertz CT molecular complexity index is 376. The van der Waals surface area contributed by atoms with Crippen LogP contribution in [0.15, 0.2) is 10.8 Å². The van der Waals surface area contributed by atoms with Crippen molar-refractivity contribution in [3.8, 4) is 12.3 Å². The summed E-state index contributed by atoms with van der Waals surface area (Å²) in [6.45, 7) is 4.65. The predicted octanol–water partition coefficient (Wildman–Crippen LogP) is 1.47. The Balaban J connectivity index is 2.81. The molecule has 0 fully saturated rings. The number of oxazole rings is 1. The SMILES string of the molecule is C#CCN(CCC)C(=O)c1ocnc1C. The van der Waals surface area contributed by atoms with Crippen LogP contribution in [-0.2, 0) is 0 Å². The van der Waals surface area contributed by atoms with E-state index in [4.69, 9.17) is 10.8 Å². The molecule has 0 radical (unpaired) electrons. The number of nitrogens with zero attached hydrogens (tertiary/aromatic N) is 2. The molecule has 1 heterocycles. The zero-order valence-corrected chi connectivity index (χ0v) is 8.99. The quantitative estimate of drug-likeness (QED) is 0.701. The minimum Gasteiger partial charge on any atom is -0.438 e. The molecule has 0 saturated heterocycles. The smallest absolute Gasteiger partial charge is 0.292 e. The van der Waals surface area contributed by atoms with E-state index in [1.807, 2.05) is 6.92 Å². The summed E-state index contributed by atoms with van der Waals surface area (Å²) in [7, 11) is 0. The van der Waals surface area contributed by atoms with Gasteiger partial charge >= 0.3 is 0 Å². The maximum absolute atomic E-state index is 11.9. The van der Waals surface area contributed by atoms with Crippen LogP contribution < -0.4 is 0 Å². The molecule has 80 valence electrons. The molecule has 0 bridgehead atoms. The van der Waals surface area contributed by atoms with Crippen LogP contribution in [0, 0.1) is 19.3 Å². The number of amides is 1. The summed E-state index contributed by atoms with van der Waals surface area (Å²) in [5.41, 5.74) is 0.595. The van der Waals surface area contributed by atoms with Crippen molar-refractivity contribution in [3.05, 3.63) is 17.8 Å². The van der Waals surface area contributed by atoms with E-state index in [-0.39, 0.29) is 11.7 Å². The fourth-order valence-corrected chi connectivity index (χ4v) is 1.28. The Kier molecular flexibility index (Phi) is 3.92. The molecule has 0 N–H and O–H groups in total. The van der Waals surface area contributed by atoms with Gasteiger partial charge in [0.2, 0.25) is 5.76 Å². The standard InChI is InChI=1S/C11H14N2O2/c1-4-6-13(7-5-2)11(14)10-9(3)12-8-15-10/h1,8H,5-7H2,2-3H3. The Morgan fingerprint density at radius 3 is 2.93 bits per heavy atom. The number of aryl methyl sites for hydroxylation is 1. The number of hydrogen-bond donors (Lipinski definition) is 0. The highest BCUT2D eigenvalue weighted by atomic mass is 16.3. The summed E-state index contributed by atoms with van der Waals surface area (Å²) in [5, 5.41) is 0. The molecule has 0 saturated carbocycles. The van der Waals surface area contributed by atoms with Crippen LogP contribution in [0.1, 0.15) is 29.6 Å². The van der Waals surface area contributed by atoms with E-state index in [0.29, 0.717) is 18.8 Å². The first-order valence-corrected chi connectivity index (χ1v) is 4.83. The lowest BCUT2D eigenvalue weighted by Gasteiger charge is -2.17. The Hall–Kier alpha value is -1.76. The van der Waals surface area contributed by atoms with Crippen LogP contribution in [0.4, 0.5) is 0 Å². The highest BCUT2D eigenvalue weighted by Crippen LogP contribution is 2.09. The summed E-state index contributed by atoms with van der Waals surface area (Å²) in [6, 6.07) is 0. The van der Waals surface area contributed by atoms with Crippen LogP contribution in [0.3, 0.4) is 0 Å². The lowest BCUT2D eigenvalue weighted by atomic mass is 10.3. The van der Waals surface area contributed by atoms with Crippen molar-refractivity contribution in [2.45, 2.75) is 20.3 Å². The van der Waals surface area contributed by atoms with E-state index in [2.05, 4.69) is 10.9 Å². The Morgan fingerprint density at radius 1 is 1.73 bits per heavy atom. The van der Waals surface area contributed by atoms with Crippen LogP contribution in [0.25, 0.3) is 0 Å². The van der Waals surface area contributed by atoms with E-state index in [1.54, 1.807) is 11.8 Å². The zero-order chi connectivity index (χ0) is 11.3. The van der Waals surface area contributed by atoms with Gasteiger partial charge in [-0.15, -0.1) is 6.42 Å². The first-order chi connectivity index (χ1) is 7.20. The van der Waals surface area contributed by atoms with Gasteiger partial charge in [-0.2, -0.15) is 0 Å². The number of carbonyl (C=O) groups excluding carboxylic acids is 1. The van der Waals surface area contributed by atoms with Gasteiger partial charge in [-0.25, -0.2) is 4.98 Å². The largest absolute Gasteiger partial charge is 0.438 e. The number of terminal acetylenes is 1. The van der Waals surface area contributed by atoms with Gasteiger partial charge in [-0.1, -0.05) is 12.8 Å². The van der Waals surface area contributed by atoms with Gasteiger partial charge < -0.3 is 9.32 Å². The van der Waals surface area contributed by atoms with Gasteiger partial charge in [-0.3, -0.25) is 4.79 Å². The van der Waals surface area contributed by atoms with E-state index >= 15 is 0 Å². The van der Waals surface area contributed by atoms with Gasteiger partial charge in [0.15, 0.2) is 6.39 Å². The van der Waals surface area contributed by atoms with Crippen LogP contribution in [0.5, 0.6) is 0 Å². The minimum atomic E-state index is -0.190. The molecular weight excluding hydrogens is 192 g/mol. The second-order valence-corrected chi connectivity index (χ2v) is 3.20. The second kappa shape index (κ2) is 5.20. The molecule has 4 heteroatoms. The van der Waals surface area contributed by atoms with E-state index in [9.17, 15) is 4.79 Å². The summed E-state index contributed by atoms with van der Waals surface area (Å²) >= 11 is 0. The molecule has 1 aromatic rings. The summed E-state index contributed by atoms with van der Waals surface area (Å²) < 4.78 is 5.03. The molecule has 0 aliphatic heterocycles. The number of carbonyl (C=O) groups is 1. The Morgan fingerprint density at radius 2 is 2.47 bits per heavy atom. The van der Waals surface area contributed by atoms with Gasteiger partial charge in [-0.05, 0) is 13.3 Å². The molecule has 0 aliphatic rings. The summed E-state index contributed by atoms with van der Waals surface area (Å²) in [5.74, 6) is 2.54. The highest BCUT2D eigenvalue weighted by molar-refractivity contribution is 5.92. The molecule has 0 unspecified atom stereocenters. The third-order valence-electron chi connectivity index (χ3n) is 2.00. The molecular formula is C11H14N2O2. The molecule has 0 aromatic carbocycles. The third kappa shape index (κ3) is 2.59. The average Bonchev–Trinajstić information content (AvgIpc) is 2.63. The maximum Gasteiger partial charge on any atom is 0.292 e. The predicted molar refractivity (Wildman–Crippen MR) is 56.3 cm³/mol. The fourth-order valence-electron chi connectivity index (χ4n) is 1.28. The van der Waals surface area contributed by atoms with Crippen molar-refractivity contribution >= 4 is 5.91 Å². The number of aromatic nitrogens is 1. The van der Waals surface area contributed by atoms with Crippen LogP contribution in [-0.4, -0.2) is 28.9 Å². The van der Waals surface area contributed by atoms with E-state index in [0.717, 1.165) is 6.42 Å². The average molecular weight is 206 g/mol. The first-order valence-electron chi connectivity index (χ1n) is 4.83. The Labute approximate surface area is 89.3 Å². The topological polar surface area (TPSA) is 46.3 Å². The zero-order valence-electron chi connectivity index (χ0n) is 8.99. The van der Waals surface area contributed by atoms with E-state index in [1.165, 1.54) is 6.39 Å². The first kappa shape index (κ1) is 11.3. The molecule has 4 nitrogen and oxygen atoms in total. The lowest BCUT2D eigenvalue weighted by Crippen LogP contribution is -2.32. The minimum absolute atomic E-state index is 0.190. The van der Waals surface area contributed by atoms with E-state index < -0.39 is 0 Å². The third-order valence-corrected chi connectivity index (χ3v) is 2.00. The van der Waals surface area contributed by atoms with Gasteiger partial charge in [0.05, 0.1) is 12.2 Å². The van der Waals surface area contributed by atoms with Crippen molar-refractivity contribution in [3.63, 3.8) is 0 Å². The monoisotopic (exact) mass is 206 g/mol. The normalized spacial score (nSPS) is 9.67. The van der Waals surface area contributed by atoms with Gasteiger partial charge in [0.25, 0.3) is 5.91 Å². The summed E-state index contributed by atoms with van der Waals surface area (Å²) in [4.78, 5) is 17.4. The van der Waals surface area contributed by atoms with Crippen LogP contribution >= 0.6 is 0 Å². The molecule has 0 spiro atoms. The van der Waals surface area contributed by atoms with Gasteiger partial charge in [0.1, 0.15) is 0 Å². The van der Waals surface area contributed by atoms with Crippen molar-refractivity contribution in [2.75, 3.05) is 13.1 Å². The van der Waals surface area contributed by atoms with Gasteiger partial charge in [0, 0.05) is 6.54 Å². The maximum atomic E-state index is 11.9. The molecule has 15 heavy (non-hydrogen) atoms. The molecule has 1 amide bonds. The molecule has 1 aromatic heterocycles. The fraction of sp³-hybridized carbons (Fsp3) is 0.455. The van der Waals surface area contributed by atoms with Crippen molar-refractivity contribution in [2.24, 2.45) is 0 Å². The van der Waals surface area contributed by atoms with Crippen molar-refractivity contribution in [1.82, 2.24) is 9.88 Å². The highest BCUT2D eigenvalue weighted by Gasteiger charge is 2.19. The van der Waals surface area contributed by atoms with Crippen molar-refractivity contribution in [1.29, 1.82) is 0 Å². The molecule has 1 rings (SSSR count). The van der Waals surface area contributed by atoms with Crippen molar-refractivity contribution < 1.29 is 9.21 Å². The molecule has 0 atom stereocenters. The second-order valence-electron chi connectivity index (χ2n) is 3.20.